The Morgan fingerprint density at radius 1 is 1.39 bits per heavy atom. The summed E-state index contributed by atoms with van der Waals surface area (Å²) < 4.78 is 5.66. The minimum Gasteiger partial charge on any atom is -0.460 e. The van der Waals surface area contributed by atoms with Crippen LogP contribution in [0.25, 0.3) is 10.1 Å². The number of carbonyl (C=O) groups is 2. The summed E-state index contributed by atoms with van der Waals surface area (Å²) in [4.78, 5) is 23.8. The van der Waals surface area contributed by atoms with Crippen molar-refractivity contribution in [2.75, 3.05) is 6.61 Å². The Labute approximate surface area is 113 Å². The largest absolute Gasteiger partial charge is 0.460 e. The molecule has 1 aromatic heterocycles. The van der Waals surface area contributed by atoms with E-state index in [4.69, 9.17) is 16.3 Å². The van der Waals surface area contributed by atoms with Crippen LogP contribution in [-0.2, 0) is 9.53 Å². The molecule has 18 heavy (non-hydrogen) atoms. The lowest BCUT2D eigenvalue weighted by Crippen LogP contribution is -2.17. The molecule has 0 spiro atoms. The number of hydrogen-bond donors (Lipinski definition) is 0. The minimum atomic E-state index is -0.807. The van der Waals surface area contributed by atoms with Crippen molar-refractivity contribution in [3.8, 4) is 0 Å². The molecule has 0 radical (unpaired) electrons. The second-order valence-corrected chi connectivity index (χ2v) is 5.23. The predicted octanol–water partition coefficient (Wildman–Crippen LogP) is 3.61. The summed E-state index contributed by atoms with van der Waals surface area (Å²) in [6.45, 7) is 3.67. The van der Waals surface area contributed by atoms with Gasteiger partial charge in [-0.1, -0.05) is 11.6 Å². The number of thiophene rings is 1. The van der Waals surface area contributed by atoms with Crippen LogP contribution in [0.2, 0.25) is 5.02 Å². The summed E-state index contributed by atoms with van der Waals surface area (Å²) in [6, 6.07) is 5.40. The fourth-order valence-electron chi connectivity index (χ4n) is 1.70. The lowest BCUT2D eigenvalue weighted by Gasteiger charge is -1.99. The first-order valence-electron chi connectivity index (χ1n) is 5.44. The van der Waals surface area contributed by atoms with Crippen molar-refractivity contribution in [1.82, 2.24) is 0 Å². The van der Waals surface area contributed by atoms with Gasteiger partial charge in [0.15, 0.2) is 0 Å². The van der Waals surface area contributed by atoms with E-state index >= 15 is 0 Å². The number of hydrogen-bond acceptors (Lipinski definition) is 4. The first kappa shape index (κ1) is 13.1. The molecule has 0 amide bonds. The lowest BCUT2D eigenvalue weighted by atomic mass is 10.1. The van der Waals surface area contributed by atoms with Crippen molar-refractivity contribution >= 4 is 44.8 Å². The molecule has 2 rings (SSSR count). The molecule has 0 saturated carbocycles. The van der Waals surface area contributed by atoms with E-state index in [1.807, 2.05) is 13.0 Å². The molecule has 0 fully saturated rings. The van der Waals surface area contributed by atoms with Crippen molar-refractivity contribution in [2.24, 2.45) is 0 Å². The molecular weight excluding hydrogens is 272 g/mol. The van der Waals surface area contributed by atoms with Gasteiger partial charge >= 0.3 is 5.97 Å². The Morgan fingerprint density at radius 2 is 2.11 bits per heavy atom. The molecule has 5 heteroatoms. The summed E-state index contributed by atoms with van der Waals surface area (Å²) >= 11 is 7.21. The Kier molecular flexibility index (Phi) is 3.68. The monoisotopic (exact) mass is 282 g/mol. The molecule has 1 heterocycles. The normalized spacial score (nSPS) is 10.6. The highest BCUT2D eigenvalue weighted by atomic mass is 35.5. The summed E-state index contributed by atoms with van der Waals surface area (Å²) in [5.41, 5.74) is 0.774. The summed E-state index contributed by atoms with van der Waals surface area (Å²) in [5.74, 6) is -1.40. The van der Waals surface area contributed by atoms with Gasteiger partial charge in [0.05, 0.1) is 11.5 Å². The summed E-state index contributed by atoms with van der Waals surface area (Å²) in [7, 11) is 0. The average molecular weight is 283 g/mol. The molecular formula is C13H11ClO3S. The van der Waals surface area contributed by atoms with Gasteiger partial charge in [0.1, 0.15) is 0 Å². The molecule has 0 aliphatic heterocycles. The second-order valence-electron chi connectivity index (χ2n) is 3.75. The number of Topliss-reactive ketones (excluding diaryl/α,β-unsaturated/α-hetero) is 1. The van der Waals surface area contributed by atoms with E-state index in [0.29, 0.717) is 9.90 Å². The second kappa shape index (κ2) is 5.08. The molecule has 1 aromatic carbocycles. The van der Waals surface area contributed by atoms with Gasteiger partial charge in [0.25, 0.3) is 5.78 Å². The van der Waals surface area contributed by atoms with Crippen molar-refractivity contribution in [3.63, 3.8) is 0 Å². The Balaban J connectivity index is 2.49. The van der Waals surface area contributed by atoms with Gasteiger partial charge in [-0.25, -0.2) is 4.79 Å². The van der Waals surface area contributed by atoms with Gasteiger partial charge in [-0.05, 0) is 43.0 Å². The zero-order valence-electron chi connectivity index (χ0n) is 9.95. The molecule has 0 unspecified atom stereocenters. The number of ketones is 1. The van der Waals surface area contributed by atoms with Gasteiger partial charge in [0, 0.05) is 9.72 Å². The quantitative estimate of drug-likeness (QED) is 0.491. The van der Waals surface area contributed by atoms with Crippen LogP contribution >= 0.6 is 22.9 Å². The standard InChI is InChI=1S/C13H11ClO3S/c1-3-17-13(16)11(15)12-7(2)9-6-8(14)4-5-10(9)18-12/h4-6H,3H2,1-2H3. The highest BCUT2D eigenvalue weighted by molar-refractivity contribution is 7.21. The van der Waals surface area contributed by atoms with E-state index in [0.717, 1.165) is 15.6 Å². The van der Waals surface area contributed by atoms with E-state index < -0.39 is 11.8 Å². The van der Waals surface area contributed by atoms with Gasteiger partial charge in [-0.15, -0.1) is 11.3 Å². The highest BCUT2D eigenvalue weighted by Crippen LogP contribution is 2.33. The Morgan fingerprint density at radius 3 is 2.78 bits per heavy atom. The van der Waals surface area contributed by atoms with E-state index in [-0.39, 0.29) is 6.61 Å². The third-order valence-corrected chi connectivity index (χ3v) is 4.07. The number of benzene rings is 1. The molecule has 0 aliphatic carbocycles. The van der Waals surface area contributed by atoms with Crippen LogP contribution in [0.4, 0.5) is 0 Å². The van der Waals surface area contributed by atoms with Crippen LogP contribution < -0.4 is 0 Å². The van der Waals surface area contributed by atoms with E-state index in [1.54, 1.807) is 19.1 Å². The van der Waals surface area contributed by atoms with Gasteiger partial charge in [-0.2, -0.15) is 0 Å². The van der Waals surface area contributed by atoms with Crippen LogP contribution in [0.1, 0.15) is 22.2 Å². The van der Waals surface area contributed by atoms with Gasteiger partial charge in [-0.3, -0.25) is 4.79 Å². The molecule has 3 nitrogen and oxygen atoms in total. The van der Waals surface area contributed by atoms with E-state index in [9.17, 15) is 9.59 Å². The average Bonchev–Trinajstić information content (AvgIpc) is 2.66. The molecule has 0 bridgehead atoms. The van der Waals surface area contributed by atoms with Crippen LogP contribution in [0.15, 0.2) is 18.2 Å². The number of carbonyl (C=O) groups excluding carboxylic acids is 2. The van der Waals surface area contributed by atoms with Crippen molar-refractivity contribution in [3.05, 3.63) is 33.7 Å². The van der Waals surface area contributed by atoms with Crippen molar-refractivity contribution in [2.45, 2.75) is 13.8 Å². The Hall–Kier alpha value is -1.39. The summed E-state index contributed by atoms with van der Waals surface area (Å²) in [5, 5.41) is 1.51. The number of halogens is 1. The number of rotatable bonds is 3. The maximum Gasteiger partial charge on any atom is 0.380 e. The molecule has 0 saturated heterocycles. The highest BCUT2D eigenvalue weighted by Gasteiger charge is 2.23. The Bertz CT molecular complexity index is 630. The predicted molar refractivity (Wildman–Crippen MR) is 72.5 cm³/mol. The molecule has 0 N–H and O–H groups in total. The number of esters is 1. The number of ether oxygens (including phenoxy) is 1. The van der Waals surface area contributed by atoms with Crippen LogP contribution in [0, 0.1) is 6.92 Å². The van der Waals surface area contributed by atoms with Crippen molar-refractivity contribution < 1.29 is 14.3 Å². The number of aryl methyl sites for hydroxylation is 1. The van der Waals surface area contributed by atoms with Crippen molar-refractivity contribution in [1.29, 1.82) is 0 Å². The molecule has 94 valence electrons. The van der Waals surface area contributed by atoms with Crippen LogP contribution in [-0.4, -0.2) is 18.4 Å². The first-order valence-corrected chi connectivity index (χ1v) is 6.64. The first-order chi connectivity index (χ1) is 8.54. The number of fused-ring (bicyclic) bond motifs is 1. The minimum absolute atomic E-state index is 0.195. The molecule has 0 atom stereocenters. The third kappa shape index (κ3) is 2.26. The lowest BCUT2D eigenvalue weighted by molar-refractivity contribution is -0.137. The van der Waals surface area contributed by atoms with Gasteiger partial charge in [0.2, 0.25) is 0 Å². The van der Waals surface area contributed by atoms with E-state index in [1.165, 1.54) is 11.3 Å². The smallest absolute Gasteiger partial charge is 0.380 e. The van der Waals surface area contributed by atoms with Crippen LogP contribution in [0.5, 0.6) is 0 Å². The topological polar surface area (TPSA) is 43.4 Å². The van der Waals surface area contributed by atoms with Crippen LogP contribution in [0.3, 0.4) is 0 Å². The maximum atomic E-state index is 11.9. The fourth-order valence-corrected chi connectivity index (χ4v) is 2.99. The zero-order chi connectivity index (χ0) is 13.3. The molecule has 2 aromatic rings. The zero-order valence-corrected chi connectivity index (χ0v) is 11.5. The summed E-state index contributed by atoms with van der Waals surface area (Å²) in [6.07, 6.45) is 0. The fraction of sp³-hybridized carbons (Fsp3) is 0.231. The SMILES string of the molecule is CCOC(=O)C(=O)c1sc2ccc(Cl)cc2c1C. The third-order valence-electron chi connectivity index (χ3n) is 2.57. The van der Waals surface area contributed by atoms with Gasteiger partial charge < -0.3 is 4.74 Å². The maximum absolute atomic E-state index is 11.9. The van der Waals surface area contributed by atoms with E-state index in [2.05, 4.69) is 0 Å². The molecule has 0 aliphatic rings.